The van der Waals surface area contributed by atoms with Gasteiger partial charge in [-0.3, -0.25) is 9.59 Å². The van der Waals surface area contributed by atoms with Crippen LogP contribution in [0.15, 0.2) is 36.4 Å². The summed E-state index contributed by atoms with van der Waals surface area (Å²) in [4.78, 5) is 27.9. The maximum Gasteiger partial charge on any atom is 0.262 e. The van der Waals surface area contributed by atoms with Crippen LogP contribution in [-0.4, -0.2) is 49.5 Å². The molecule has 0 aromatic heterocycles. The summed E-state index contributed by atoms with van der Waals surface area (Å²) < 4.78 is 5.57. The lowest BCUT2D eigenvalue weighted by Gasteiger charge is -2.36. The Labute approximate surface area is 180 Å². The molecule has 8 heteroatoms. The normalized spacial score (nSPS) is 13.9. The molecule has 1 aliphatic heterocycles. The third kappa shape index (κ3) is 5.34. The molecule has 6 nitrogen and oxygen atoms in total. The molecule has 0 bridgehead atoms. The molecule has 0 unspecified atom stereocenters. The number of para-hydroxylation sites is 1. The van der Waals surface area contributed by atoms with Crippen molar-refractivity contribution < 1.29 is 14.3 Å². The Morgan fingerprint density at radius 3 is 2.45 bits per heavy atom. The molecule has 29 heavy (non-hydrogen) atoms. The SMILES string of the molecule is CC(=O)N1CCN(c2c(Cl)cccc2NC(=O)COc2ccc(Cl)c(C)c2)CC1. The maximum atomic E-state index is 12.4. The number of hydrogen-bond acceptors (Lipinski definition) is 4. The van der Waals surface area contributed by atoms with E-state index in [4.69, 9.17) is 27.9 Å². The Morgan fingerprint density at radius 1 is 1.07 bits per heavy atom. The van der Waals surface area contributed by atoms with Gasteiger partial charge in [0.05, 0.1) is 16.4 Å². The van der Waals surface area contributed by atoms with Crippen molar-refractivity contribution in [2.45, 2.75) is 13.8 Å². The van der Waals surface area contributed by atoms with Gasteiger partial charge in [0.1, 0.15) is 5.75 Å². The molecule has 1 N–H and O–H groups in total. The highest BCUT2D eigenvalue weighted by atomic mass is 35.5. The van der Waals surface area contributed by atoms with Crippen LogP contribution in [0.4, 0.5) is 11.4 Å². The highest BCUT2D eigenvalue weighted by Gasteiger charge is 2.23. The second-order valence-electron chi connectivity index (χ2n) is 6.88. The van der Waals surface area contributed by atoms with Gasteiger partial charge in [-0.15, -0.1) is 0 Å². The van der Waals surface area contributed by atoms with Crippen LogP contribution in [0.25, 0.3) is 0 Å². The van der Waals surface area contributed by atoms with E-state index in [1.807, 2.05) is 13.0 Å². The van der Waals surface area contributed by atoms with Gasteiger partial charge in [-0.1, -0.05) is 29.3 Å². The predicted molar refractivity (Wildman–Crippen MR) is 116 cm³/mol. The Kier molecular flexibility index (Phi) is 6.87. The largest absolute Gasteiger partial charge is 0.484 e. The number of benzene rings is 2. The first-order valence-electron chi connectivity index (χ1n) is 9.33. The van der Waals surface area contributed by atoms with Gasteiger partial charge in [0.2, 0.25) is 5.91 Å². The van der Waals surface area contributed by atoms with Crippen molar-refractivity contribution in [1.29, 1.82) is 0 Å². The van der Waals surface area contributed by atoms with Gasteiger partial charge >= 0.3 is 0 Å². The van der Waals surface area contributed by atoms with Crippen LogP contribution >= 0.6 is 23.2 Å². The van der Waals surface area contributed by atoms with Crippen molar-refractivity contribution in [1.82, 2.24) is 4.90 Å². The number of hydrogen-bond donors (Lipinski definition) is 1. The van der Waals surface area contributed by atoms with Gasteiger partial charge < -0.3 is 19.9 Å². The summed E-state index contributed by atoms with van der Waals surface area (Å²) in [6.07, 6.45) is 0. The van der Waals surface area contributed by atoms with Crippen LogP contribution in [-0.2, 0) is 9.59 Å². The molecule has 1 fully saturated rings. The third-order valence-electron chi connectivity index (χ3n) is 4.80. The van der Waals surface area contributed by atoms with Gasteiger partial charge in [0.15, 0.2) is 6.61 Å². The van der Waals surface area contributed by atoms with E-state index in [1.54, 1.807) is 42.2 Å². The van der Waals surface area contributed by atoms with Gasteiger partial charge in [0.25, 0.3) is 5.91 Å². The summed E-state index contributed by atoms with van der Waals surface area (Å²) in [5.41, 5.74) is 2.26. The van der Waals surface area contributed by atoms with Crippen molar-refractivity contribution in [3.8, 4) is 5.75 Å². The van der Waals surface area contributed by atoms with Crippen molar-refractivity contribution >= 4 is 46.4 Å². The Hall–Kier alpha value is -2.44. The highest BCUT2D eigenvalue weighted by molar-refractivity contribution is 6.34. The van der Waals surface area contributed by atoms with E-state index >= 15 is 0 Å². The molecular formula is C21H23Cl2N3O3. The summed E-state index contributed by atoms with van der Waals surface area (Å²) in [7, 11) is 0. The number of carbonyl (C=O) groups is 2. The van der Waals surface area contributed by atoms with Crippen LogP contribution in [0.3, 0.4) is 0 Å². The van der Waals surface area contributed by atoms with E-state index in [0.29, 0.717) is 47.7 Å². The molecular weight excluding hydrogens is 413 g/mol. The second kappa shape index (κ2) is 9.37. The van der Waals surface area contributed by atoms with Gasteiger partial charge in [-0.2, -0.15) is 0 Å². The lowest BCUT2D eigenvalue weighted by Crippen LogP contribution is -2.48. The van der Waals surface area contributed by atoms with Crippen LogP contribution < -0.4 is 15.0 Å². The number of rotatable bonds is 5. The predicted octanol–water partition coefficient (Wildman–Crippen LogP) is 3.99. The number of halogens is 2. The smallest absolute Gasteiger partial charge is 0.262 e. The topological polar surface area (TPSA) is 61.9 Å². The zero-order chi connectivity index (χ0) is 21.0. The van der Waals surface area contributed by atoms with Gasteiger partial charge in [-0.05, 0) is 42.8 Å². The molecule has 3 rings (SSSR count). The summed E-state index contributed by atoms with van der Waals surface area (Å²) in [6.45, 7) is 5.84. The number of nitrogens with zero attached hydrogens (tertiary/aromatic N) is 2. The molecule has 0 atom stereocenters. The minimum atomic E-state index is -0.288. The molecule has 1 aliphatic rings. The quantitative estimate of drug-likeness (QED) is 0.770. The van der Waals surface area contributed by atoms with Crippen molar-refractivity contribution in [2.24, 2.45) is 0 Å². The Morgan fingerprint density at radius 2 is 1.79 bits per heavy atom. The number of aryl methyl sites for hydroxylation is 1. The van der Waals surface area contributed by atoms with E-state index in [-0.39, 0.29) is 18.4 Å². The number of nitrogens with one attached hydrogen (secondary N) is 1. The van der Waals surface area contributed by atoms with E-state index in [2.05, 4.69) is 10.2 Å². The molecule has 1 heterocycles. The fourth-order valence-corrected chi connectivity index (χ4v) is 3.64. The number of piperazine rings is 1. The molecule has 0 aliphatic carbocycles. The summed E-state index contributed by atoms with van der Waals surface area (Å²) in [5.74, 6) is 0.351. The second-order valence-corrected chi connectivity index (χ2v) is 7.69. The monoisotopic (exact) mass is 435 g/mol. The Bertz CT molecular complexity index is 912. The molecule has 0 saturated carbocycles. The average molecular weight is 436 g/mol. The number of amides is 2. The number of ether oxygens (including phenoxy) is 1. The van der Waals surface area contributed by atoms with Crippen molar-refractivity contribution in [2.75, 3.05) is 43.0 Å². The first-order valence-corrected chi connectivity index (χ1v) is 10.1. The zero-order valence-corrected chi connectivity index (χ0v) is 17.9. The summed E-state index contributed by atoms with van der Waals surface area (Å²) >= 11 is 12.4. The first kappa shape index (κ1) is 21.3. The Balaban J connectivity index is 1.66. The third-order valence-corrected chi connectivity index (χ3v) is 5.53. The number of carbonyl (C=O) groups excluding carboxylic acids is 2. The van der Waals surface area contributed by atoms with Crippen LogP contribution in [0, 0.1) is 6.92 Å². The number of anilines is 2. The fraction of sp³-hybridized carbons (Fsp3) is 0.333. The minimum absolute atomic E-state index is 0.0620. The molecule has 2 aromatic carbocycles. The standard InChI is InChI=1S/C21H23Cl2N3O3/c1-14-12-16(6-7-17(14)22)29-13-20(28)24-19-5-3-4-18(23)21(19)26-10-8-25(9-11-26)15(2)27/h3-7,12H,8-11,13H2,1-2H3,(H,24,28). The lowest BCUT2D eigenvalue weighted by atomic mass is 10.2. The zero-order valence-electron chi connectivity index (χ0n) is 16.4. The van der Waals surface area contributed by atoms with E-state index in [9.17, 15) is 9.59 Å². The molecule has 154 valence electrons. The van der Waals surface area contributed by atoms with Crippen molar-refractivity contribution in [3.05, 3.63) is 52.0 Å². The van der Waals surface area contributed by atoms with E-state index < -0.39 is 0 Å². The average Bonchev–Trinajstić information content (AvgIpc) is 2.69. The molecule has 2 amide bonds. The molecule has 0 spiro atoms. The van der Waals surface area contributed by atoms with Gasteiger partial charge in [0, 0.05) is 38.1 Å². The van der Waals surface area contributed by atoms with Crippen LogP contribution in [0.1, 0.15) is 12.5 Å². The summed E-state index contributed by atoms with van der Waals surface area (Å²) in [6, 6.07) is 10.6. The minimum Gasteiger partial charge on any atom is -0.484 e. The van der Waals surface area contributed by atoms with Gasteiger partial charge in [-0.25, -0.2) is 0 Å². The van der Waals surface area contributed by atoms with Crippen molar-refractivity contribution in [3.63, 3.8) is 0 Å². The first-order chi connectivity index (χ1) is 13.8. The maximum absolute atomic E-state index is 12.4. The molecule has 0 radical (unpaired) electrons. The lowest BCUT2D eigenvalue weighted by molar-refractivity contribution is -0.129. The fourth-order valence-electron chi connectivity index (χ4n) is 3.22. The summed E-state index contributed by atoms with van der Waals surface area (Å²) in [5, 5.41) is 4.08. The van der Waals surface area contributed by atoms with E-state index in [0.717, 1.165) is 11.3 Å². The van der Waals surface area contributed by atoms with E-state index in [1.165, 1.54) is 0 Å². The highest BCUT2D eigenvalue weighted by Crippen LogP contribution is 2.34. The molecule has 1 saturated heterocycles. The van der Waals surface area contributed by atoms with Crippen LogP contribution in [0.5, 0.6) is 5.75 Å². The molecule has 2 aromatic rings. The van der Waals surface area contributed by atoms with Crippen LogP contribution in [0.2, 0.25) is 10.0 Å².